The maximum Gasteiger partial charge on any atom is 0.407 e. The van der Waals surface area contributed by atoms with Gasteiger partial charge in [0.05, 0.1) is 6.67 Å². The van der Waals surface area contributed by atoms with Crippen molar-refractivity contribution in [3.63, 3.8) is 0 Å². The van der Waals surface area contributed by atoms with Gasteiger partial charge in [-0.05, 0) is 33.7 Å². The molecule has 1 fully saturated rings. The van der Waals surface area contributed by atoms with E-state index in [1.165, 1.54) is 0 Å². The largest absolute Gasteiger partial charge is 0.460 e. The average Bonchev–Trinajstić information content (AvgIpc) is 3.61. The number of hydrogen-bond acceptors (Lipinski definition) is 6. The Hall–Kier alpha value is -4.17. The van der Waals surface area contributed by atoms with Crippen molar-refractivity contribution in [2.45, 2.75) is 38.8 Å². The van der Waals surface area contributed by atoms with E-state index in [4.69, 9.17) is 9.47 Å². The van der Waals surface area contributed by atoms with Crippen LogP contribution in [-0.4, -0.2) is 66.7 Å². The molecule has 8 nitrogen and oxygen atoms in total. The van der Waals surface area contributed by atoms with Gasteiger partial charge in [-0.15, -0.1) is 0 Å². The summed E-state index contributed by atoms with van der Waals surface area (Å²) in [7, 11) is 0. The summed E-state index contributed by atoms with van der Waals surface area (Å²) < 4.78 is 11.2. The standard InChI is InChI=1S/C33H37N3O5/c1-3-23(2)31(32(38)40-20-24-11-5-4-6-12-24)36-18-17-35(22-36)30(37)19-34-33(39)41-21-29-27-15-9-7-13-25(27)26-14-8-10-16-28(26)29/h4-16,23,29,31H,3,17-22H2,1-2H3,(H,34,39)/t23-,31-/m0/s1. The molecule has 5 rings (SSSR count). The molecule has 0 bridgehead atoms. The monoisotopic (exact) mass is 555 g/mol. The van der Waals surface area contributed by atoms with E-state index in [0.717, 1.165) is 34.2 Å². The second-order valence-corrected chi connectivity index (χ2v) is 10.7. The van der Waals surface area contributed by atoms with Gasteiger partial charge in [-0.25, -0.2) is 4.79 Å². The summed E-state index contributed by atoms with van der Waals surface area (Å²) in [6, 6.07) is 25.4. The Balaban J connectivity index is 1.11. The second kappa shape index (κ2) is 13.0. The van der Waals surface area contributed by atoms with Crippen LogP contribution in [0.5, 0.6) is 0 Å². The van der Waals surface area contributed by atoms with Crippen LogP contribution in [0.3, 0.4) is 0 Å². The molecule has 1 saturated heterocycles. The number of fused-ring (bicyclic) bond motifs is 3. The number of carbonyl (C=O) groups excluding carboxylic acids is 3. The first-order chi connectivity index (χ1) is 20.0. The Morgan fingerprint density at radius 1 is 0.878 bits per heavy atom. The number of esters is 1. The molecule has 1 N–H and O–H groups in total. The summed E-state index contributed by atoms with van der Waals surface area (Å²) in [6.07, 6.45) is 0.178. The minimum absolute atomic E-state index is 0.0462. The van der Waals surface area contributed by atoms with E-state index in [2.05, 4.69) is 29.6 Å². The number of rotatable bonds is 10. The van der Waals surface area contributed by atoms with Gasteiger partial charge >= 0.3 is 12.1 Å². The number of nitrogens with one attached hydrogen (secondary N) is 1. The van der Waals surface area contributed by atoms with Crippen LogP contribution < -0.4 is 5.32 Å². The molecule has 214 valence electrons. The SMILES string of the molecule is CC[C@H](C)[C@@H](C(=O)OCc1ccccc1)N1CCN(C(=O)CNC(=O)OCC2c3ccccc3-c3ccccc32)C1. The molecule has 41 heavy (non-hydrogen) atoms. The van der Waals surface area contributed by atoms with Crippen molar-refractivity contribution in [1.82, 2.24) is 15.1 Å². The van der Waals surface area contributed by atoms with Gasteiger partial charge < -0.3 is 19.7 Å². The van der Waals surface area contributed by atoms with Crippen molar-refractivity contribution in [2.75, 3.05) is 32.9 Å². The highest BCUT2D eigenvalue weighted by molar-refractivity contribution is 5.83. The summed E-state index contributed by atoms with van der Waals surface area (Å²) in [5.74, 6) is -0.488. The fourth-order valence-corrected chi connectivity index (χ4v) is 5.73. The number of ether oxygens (including phenoxy) is 2. The van der Waals surface area contributed by atoms with Crippen molar-refractivity contribution in [1.29, 1.82) is 0 Å². The number of benzene rings is 3. The summed E-state index contributed by atoms with van der Waals surface area (Å²) in [6.45, 7) is 5.64. The lowest BCUT2D eigenvalue weighted by Gasteiger charge is -2.30. The number of nitrogens with zero attached hydrogens (tertiary/aromatic N) is 2. The third kappa shape index (κ3) is 6.43. The number of amides is 2. The molecule has 3 aromatic carbocycles. The van der Waals surface area contributed by atoms with Gasteiger partial charge in [-0.3, -0.25) is 14.5 Å². The van der Waals surface area contributed by atoms with Crippen LogP contribution in [0.25, 0.3) is 11.1 Å². The minimum Gasteiger partial charge on any atom is -0.460 e. The van der Waals surface area contributed by atoms with Gasteiger partial charge in [0.2, 0.25) is 5.91 Å². The molecule has 1 heterocycles. The normalized spacial score (nSPS) is 16.0. The lowest BCUT2D eigenvalue weighted by Crippen LogP contribution is -2.47. The van der Waals surface area contributed by atoms with Crippen molar-refractivity contribution in [3.8, 4) is 11.1 Å². The van der Waals surface area contributed by atoms with Crippen LogP contribution in [0.2, 0.25) is 0 Å². The molecule has 0 radical (unpaired) electrons. The van der Waals surface area contributed by atoms with Crippen LogP contribution >= 0.6 is 0 Å². The van der Waals surface area contributed by atoms with Crippen LogP contribution in [0.4, 0.5) is 4.79 Å². The first-order valence-electron chi connectivity index (χ1n) is 14.3. The predicted octanol–water partition coefficient (Wildman–Crippen LogP) is 4.78. The smallest absolute Gasteiger partial charge is 0.407 e. The average molecular weight is 556 g/mol. The highest BCUT2D eigenvalue weighted by Crippen LogP contribution is 2.44. The van der Waals surface area contributed by atoms with Crippen LogP contribution in [0.1, 0.15) is 42.9 Å². The molecular formula is C33H37N3O5. The zero-order chi connectivity index (χ0) is 28.8. The van der Waals surface area contributed by atoms with E-state index in [0.29, 0.717) is 19.8 Å². The molecule has 8 heteroatoms. The third-order valence-electron chi connectivity index (χ3n) is 8.13. The van der Waals surface area contributed by atoms with Gasteiger partial charge in [0.15, 0.2) is 0 Å². The van der Waals surface area contributed by atoms with E-state index in [1.807, 2.05) is 73.3 Å². The molecular weight excluding hydrogens is 518 g/mol. The Bertz CT molecular complexity index is 1330. The van der Waals surface area contributed by atoms with Gasteiger partial charge in [-0.2, -0.15) is 0 Å². The minimum atomic E-state index is -0.627. The molecule has 2 aliphatic rings. The van der Waals surface area contributed by atoms with E-state index >= 15 is 0 Å². The molecule has 3 aromatic rings. The highest BCUT2D eigenvalue weighted by atomic mass is 16.5. The molecule has 1 aliphatic carbocycles. The van der Waals surface area contributed by atoms with Crippen LogP contribution in [0.15, 0.2) is 78.9 Å². The predicted molar refractivity (Wildman–Crippen MR) is 156 cm³/mol. The molecule has 0 saturated carbocycles. The van der Waals surface area contributed by atoms with Gasteiger partial charge in [-0.1, -0.05) is 99.1 Å². The molecule has 0 aromatic heterocycles. The van der Waals surface area contributed by atoms with Crippen LogP contribution in [-0.2, 0) is 25.7 Å². The first-order valence-corrected chi connectivity index (χ1v) is 14.3. The number of alkyl carbamates (subject to hydrolysis) is 1. The zero-order valence-corrected chi connectivity index (χ0v) is 23.6. The zero-order valence-electron chi connectivity index (χ0n) is 23.6. The Labute approximate surface area is 241 Å². The van der Waals surface area contributed by atoms with Crippen molar-refractivity contribution in [3.05, 3.63) is 95.6 Å². The summed E-state index contributed by atoms with van der Waals surface area (Å²) in [4.78, 5) is 42.2. The van der Waals surface area contributed by atoms with Gasteiger partial charge in [0.1, 0.15) is 25.8 Å². The van der Waals surface area contributed by atoms with Crippen molar-refractivity contribution >= 4 is 18.0 Å². The van der Waals surface area contributed by atoms with E-state index in [1.54, 1.807) is 4.90 Å². The number of carbonyl (C=O) groups is 3. The molecule has 2 amide bonds. The van der Waals surface area contributed by atoms with Gasteiger partial charge in [0.25, 0.3) is 0 Å². The number of hydrogen-bond donors (Lipinski definition) is 1. The summed E-state index contributed by atoms with van der Waals surface area (Å²) in [5.41, 5.74) is 5.51. The quantitative estimate of drug-likeness (QED) is 0.362. The topological polar surface area (TPSA) is 88.2 Å². The first kappa shape index (κ1) is 28.4. The molecule has 1 aliphatic heterocycles. The lowest BCUT2D eigenvalue weighted by atomic mass is 9.98. The summed E-state index contributed by atoms with van der Waals surface area (Å²) in [5, 5.41) is 2.61. The third-order valence-corrected chi connectivity index (χ3v) is 8.13. The second-order valence-electron chi connectivity index (χ2n) is 10.7. The molecule has 0 unspecified atom stereocenters. The van der Waals surface area contributed by atoms with Crippen molar-refractivity contribution < 1.29 is 23.9 Å². The Morgan fingerprint density at radius 2 is 1.51 bits per heavy atom. The summed E-state index contributed by atoms with van der Waals surface area (Å²) >= 11 is 0. The van der Waals surface area contributed by atoms with E-state index < -0.39 is 12.1 Å². The van der Waals surface area contributed by atoms with E-state index in [-0.39, 0.29) is 43.5 Å². The Morgan fingerprint density at radius 3 is 2.17 bits per heavy atom. The molecule has 0 spiro atoms. The van der Waals surface area contributed by atoms with Gasteiger partial charge in [0, 0.05) is 19.0 Å². The Kier molecular flexibility index (Phi) is 8.99. The highest BCUT2D eigenvalue weighted by Gasteiger charge is 2.37. The van der Waals surface area contributed by atoms with Crippen molar-refractivity contribution in [2.24, 2.45) is 5.92 Å². The fraction of sp³-hybridized carbons (Fsp3) is 0.364. The van der Waals surface area contributed by atoms with E-state index in [9.17, 15) is 14.4 Å². The molecule has 2 atom stereocenters. The van der Waals surface area contributed by atoms with Crippen LogP contribution in [0, 0.1) is 5.92 Å². The maximum absolute atomic E-state index is 13.1. The maximum atomic E-state index is 13.1. The lowest BCUT2D eigenvalue weighted by molar-refractivity contribution is -0.154. The fourth-order valence-electron chi connectivity index (χ4n) is 5.73.